The van der Waals surface area contributed by atoms with Crippen molar-refractivity contribution in [1.82, 2.24) is 10.2 Å². The van der Waals surface area contributed by atoms with Crippen molar-refractivity contribution in [2.24, 2.45) is 0 Å². The molecule has 0 saturated carbocycles. The number of rotatable bonds is 3. The molecule has 1 saturated heterocycles. The Bertz CT molecular complexity index is 495. The van der Waals surface area contributed by atoms with Gasteiger partial charge in [0.05, 0.1) is 0 Å². The Kier molecular flexibility index (Phi) is 4.07. The average molecular weight is 339 g/mol. The molecular formula is C16H23BrN2O. The van der Waals surface area contributed by atoms with Crippen LogP contribution < -0.4 is 10.1 Å². The summed E-state index contributed by atoms with van der Waals surface area (Å²) in [5.41, 5.74) is 2.63. The van der Waals surface area contributed by atoms with Crippen LogP contribution in [0.4, 0.5) is 0 Å². The van der Waals surface area contributed by atoms with Gasteiger partial charge >= 0.3 is 0 Å². The Balaban J connectivity index is 1.73. The van der Waals surface area contributed by atoms with Crippen molar-refractivity contribution in [3.8, 4) is 5.75 Å². The number of nitrogens with zero attached hydrogens (tertiary/aromatic N) is 1. The zero-order chi connectivity index (χ0) is 14.2. The smallest absolute Gasteiger partial charge is 0.126 e. The average Bonchev–Trinajstić information content (AvgIpc) is 2.71. The Morgan fingerprint density at radius 2 is 2.05 bits per heavy atom. The van der Waals surface area contributed by atoms with Crippen molar-refractivity contribution in [1.29, 1.82) is 0 Å². The maximum atomic E-state index is 6.17. The highest BCUT2D eigenvalue weighted by Crippen LogP contribution is 2.39. The van der Waals surface area contributed by atoms with Crippen LogP contribution in [0.1, 0.15) is 25.0 Å². The first-order chi connectivity index (χ1) is 9.53. The van der Waals surface area contributed by atoms with Gasteiger partial charge in [-0.3, -0.25) is 0 Å². The molecule has 3 rings (SSSR count). The SMILES string of the molecule is CC1(C)Cc2cc(Br)cc(CCN3CCNCC3)c2O1. The number of nitrogens with one attached hydrogen (secondary N) is 1. The van der Waals surface area contributed by atoms with Crippen molar-refractivity contribution >= 4 is 15.9 Å². The van der Waals surface area contributed by atoms with Crippen molar-refractivity contribution < 1.29 is 4.74 Å². The first-order valence-electron chi connectivity index (χ1n) is 7.47. The van der Waals surface area contributed by atoms with Crippen LogP contribution in [0.2, 0.25) is 0 Å². The van der Waals surface area contributed by atoms with Gasteiger partial charge in [-0.15, -0.1) is 0 Å². The molecule has 0 spiro atoms. The number of piperazine rings is 1. The van der Waals surface area contributed by atoms with E-state index in [1.165, 1.54) is 15.6 Å². The number of hydrogen-bond acceptors (Lipinski definition) is 3. The third-order valence-electron chi connectivity index (χ3n) is 4.11. The highest BCUT2D eigenvalue weighted by Gasteiger charge is 2.32. The molecule has 20 heavy (non-hydrogen) atoms. The molecule has 1 fully saturated rings. The third kappa shape index (κ3) is 3.18. The van der Waals surface area contributed by atoms with E-state index in [1.54, 1.807) is 0 Å². The zero-order valence-electron chi connectivity index (χ0n) is 12.3. The van der Waals surface area contributed by atoms with Crippen molar-refractivity contribution in [3.05, 3.63) is 27.7 Å². The second kappa shape index (κ2) is 5.66. The summed E-state index contributed by atoms with van der Waals surface area (Å²) in [5.74, 6) is 1.13. The fourth-order valence-electron chi connectivity index (χ4n) is 3.14. The summed E-state index contributed by atoms with van der Waals surface area (Å²) in [6, 6.07) is 4.43. The monoisotopic (exact) mass is 338 g/mol. The number of fused-ring (bicyclic) bond motifs is 1. The van der Waals surface area contributed by atoms with Gasteiger partial charge in [-0.05, 0) is 43.5 Å². The Morgan fingerprint density at radius 1 is 1.30 bits per heavy atom. The minimum absolute atomic E-state index is 0.0626. The second-order valence-electron chi connectivity index (χ2n) is 6.43. The maximum Gasteiger partial charge on any atom is 0.126 e. The molecule has 1 aromatic rings. The summed E-state index contributed by atoms with van der Waals surface area (Å²) in [6.07, 6.45) is 2.07. The number of benzene rings is 1. The van der Waals surface area contributed by atoms with Gasteiger partial charge in [0.2, 0.25) is 0 Å². The molecule has 4 heteroatoms. The van der Waals surface area contributed by atoms with E-state index in [2.05, 4.69) is 52.1 Å². The molecule has 2 heterocycles. The van der Waals surface area contributed by atoms with Crippen LogP contribution in [0.3, 0.4) is 0 Å². The van der Waals surface area contributed by atoms with Crippen LogP contribution in [0, 0.1) is 0 Å². The lowest BCUT2D eigenvalue weighted by molar-refractivity contribution is 0.137. The predicted molar refractivity (Wildman–Crippen MR) is 85.6 cm³/mol. The summed E-state index contributed by atoms with van der Waals surface area (Å²) in [5, 5.41) is 3.40. The highest BCUT2D eigenvalue weighted by atomic mass is 79.9. The topological polar surface area (TPSA) is 24.5 Å². The Morgan fingerprint density at radius 3 is 2.80 bits per heavy atom. The fraction of sp³-hybridized carbons (Fsp3) is 0.625. The first-order valence-corrected chi connectivity index (χ1v) is 8.26. The summed E-state index contributed by atoms with van der Waals surface area (Å²) in [6.45, 7) is 9.99. The third-order valence-corrected chi connectivity index (χ3v) is 4.57. The van der Waals surface area contributed by atoms with Gasteiger partial charge < -0.3 is 15.0 Å². The Hall–Kier alpha value is -0.580. The second-order valence-corrected chi connectivity index (χ2v) is 7.35. The number of ether oxygens (including phenoxy) is 1. The van der Waals surface area contributed by atoms with E-state index < -0.39 is 0 Å². The van der Waals surface area contributed by atoms with E-state index in [-0.39, 0.29) is 5.60 Å². The normalized spacial score (nSPS) is 21.6. The van der Waals surface area contributed by atoms with Crippen LogP contribution in [0.5, 0.6) is 5.75 Å². The molecule has 0 aromatic heterocycles. The van der Waals surface area contributed by atoms with Gasteiger partial charge in [0, 0.05) is 43.6 Å². The van der Waals surface area contributed by atoms with Crippen LogP contribution in [0.15, 0.2) is 16.6 Å². The van der Waals surface area contributed by atoms with Gasteiger partial charge in [-0.2, -0.15) is 0 Å². The van der Waals surface area contributed by atoms with Crippen LogP contribution in [-0.2, 0) is 12.8 Å². The van der Waals surface area contributed by atoms with Gasteiger partial charge in [-0.25, -0.2) is 0 Å². The quantitative estimate of drug-likeness (QED) is 0.916. The molecule has 0 bridgehead atoms. The zero-order valence-corrected chi connectivity index (χ0v) is 13.9. The molecule has 3 nitrogen and oxygen atoms in total. The minimum atomic E-state index is -0.0626. The molecule has 0 radical (unpaired) electrons. The summed E-state index contributed by atoms with van der Waals surface area (Å²) in [7, 11) is 0. The van der Waals surface area contributed by atoms with Gasteiger partial charge in [-0.1, -0.05) is 15.9 Å². The van der Waals surface area contributed by atoms with E-state index >= 15 is 0 Å². The van der Waals surface area contributed by atoms with Gasteiger partial charge in [0.1, 0.15) is 11.4 Å². The summed E-state index contributed by atoms with van der Waals surface area (Å²) < 4.78 is 7.34. The highest BCUT2D eigenvalue weighted by molar-refractivity contribution is 9.10. The van der Waals surface area contributed by atoms with E-state index in [0.29, 0.717) is 0 Å². The number of halogens is 1. The first kappa shape index (κ1) is 14.4. The van der Waals surface area contributed by atoms with E-state index in [0.717, 1.165) is 51.3 Å². The van der Waals surface area contributed by atoms with Gasteiger partial charge in [0.15, 0.2) is 0 Å². The molecule has 2 aliphatic rings. The van der Waals surface area contributed by atoms with E-state index in [4.69, 9.17) is 4.74 Å². The van der Waals surface area contributed by atoms with E-state index in [1.807, 2.05) is 0 Å². The minimum Gasteiger partial charge on any atom is -0.487 e. The largest absolute Gasteiger partial charge is 0.487 e. The molecular weight excluding hydrogens is 316 g/mol. The molecule has 1 N–H and O–H groups in total. The van der Waals surface area contributed by atoms with Crippen LogP contribution >= 0.6 is 15.9 Å². The van der Waals surface area contributed by atoms with Crippen molar-refractivity contribution in [2.45, 2.75) is 32.3 Å². The predicted octanol–water partition coefficient (Wildman–Crippen LogP) is 2.61. The molecule has 1 aromatic carbocycles. The number of hydrogen-bond donors (Lipinski definition) is 1. The molecule has 0 aliphatic carbocycles. The standard InChI is InChI=1S/C16H23BrN2O/c1-16(2)11-13-10-14(17)9-12(15(13)20-16)3-6-19-7-4-18-5-8-19/h9-10,18H,3-8,11H2,1-2H3. The summed E-state index contributed by atoms with van der Waals surface area (Å²) >= 11 is 3.64. The van der Waals surface area contributed by atoms with Crippen LogP contribution in [0.25, 0.3) is 0 Å². The van der Waals surface area contributed by atoms with Crippen molar-refractivity contribution in [2.75, 3.05) is 32.7 Å². The lowest BCUT2D eigenvalue weighted by Crippen LogP contribution is -2.44. The molecule has 0 atom stereocenters. The van der Waals surface area contributed by atoms with E-state index in [9.17, 15) is 0 Å². The van der Waals surface area contributed by atoms with Crippen LogP contribution in [-0.4, -0.2) is 43.2 Å². The lowest BCUT2D eigenvalue weighted by atomic mass is 9.99. The maximum absolute atomic E-state index is 6.17. The molecule has 0 amide bonds. The van der Waals surface area contributed by atoms with Crippen molar-refractivity contribution in [3.63, 3.8) is 0 Å². The van der Waals surface area contributed by atoms with Gasteiger partial charge in [0.25, 0.3) is 0 Å². The fourth-order valence-corrected chi connectivity index (χ4v) is 3.70. The molecule has 2 aliphatic heterocycles. The molecule has 0 unspecified atom stereocenters. The lowest BCUT2D eigenvalue weighted by Gasteiger charge is -2.27. The molecule has 110 valence electrons. The Labute approximate surface area is 129 Å². The summed E-state index contributed by atoms with van der Waals surface area (Å²) in [4.78, 5) is 2.53.